The van der Waals surface area contributed by atoms with Gasteiger partial charge in [-0.05, 0) is 68.1 Å². The molecule has 1 atom stereocenters. The van der Waals surface area contributed by atoms with Crippen LogP contribution in [-0.4, -0.2) is 57.1 Å². The second kappa shape index (κ2) is 14.4. The van der Waals surface area contributed by atoms with Crippen molar-refractivity contribution in [2.75, 3.05) is 30.3 Å². The molecule has 0 aliphatic rings. The zero-order chi connectivity index (χ0) is 27.6. The van der Waals surface area contributed by atoms with E-state index in [9.17, 15) is 18.0 Å². The molecule has 0 aliphatic heterocycles. The molecule has 37 heavy (non-hydrogen) atoms. The lowest BCUT2D eigenvalue weighted by atomic mass is 10.1. The highest BCUT2D eigenvalue weighted by Gasteiger charge is 2.26. The average Bonchev–Trinajstić information content (AvgIpc) is 2.83. The van der Waals surface area contributed by atoms with Gasteiger partial charge in [0.15, 0.2) is 0 Å². The number of nitrogens with zero attached hydrogens (tertiary/aromatic N) is 2. The van der Waals surface area contributed by atoms with Gasteiger partial charge in [-0.1, -0.05) is 41.9 Å². The fourth-order valence-corrected chi connectivity index (χ4v) is 5.16. The zero-order valence-electron chi connectivity index (χ0n) is 22.2. The van der Waals surface area contributed by atoms with Crippen LogP contribution in [0.2, 0.25) is 0 Å². The highest BCUT2D eigenvalue weighted by molar-refractivity contribution is 9.10. The number of halogens is 1. The van der Waals surface area contributed by atoms with E-state index in [1.165, 1.54) is 4.31 Å². The predicted molar refractivity (Wildman–Crippen MR) is 151 cm³/mol. The minimum absolute atomic E-state index is 0.0961. The van der Waals surface area contributed by atoms with Crippen molar-refractivity contribution in [2.24, 2.45) is 5.92 Å². The number of hydrogen-bond donors (Lipinski definition) is 1. The third kappa shape index (κ3) is 10.0. The van der Waals surface area contributed by atoms with Crippen molar-refractivity contribution in [1.29, 1.82) is 0 Å². The third-order valence-electron chi connectivity index (χ3n) is 5.68. The number of benzene rings is 2. The van der Waals surface area contributed by atoms with Crippen molar-refractivity contribution in [3.63, 3.8) is 0 Å². The molecule has 2 aromatic carbocycles. The van der Waals surface area contributed by atoms with Gasteiger partial charge >= 0.3 is 0 Å². The summed E-state index contributed by atoms with van der Waals surface area (Å²) < 4.78 is 32.6. The van der Waals surface area contributed by atoms with Gasteiger partial charge in [0.25, 0.3) is 0 Å². The molecule has 0 bridgehead atoms. The van der Waals surface area contributed by atoms with E-state index in [4.69, 9.17) is 4.74 Å². The van der Waals surface area contributed by atoms with Gasteiger partial charge in [-0.25, -0.2) is 8.42 Å². The lowest BCUT2D eigenvalue weighted by molar-refractivity contribution is -0.140. The smallest absolute Gasteiger partial charge is 0.242 e. The molecule has 0 heterocycles. The van der Waals surface area contributed by atoms with E-state index in [1.807, 2.05) is 45.0 Å². The summed E-state index contributed by atoms with van der Waals surface area (Å²) in [5.74, 6) is 0.509. The number of anilines is 1. The first-order chi connectivity index (χ1) is 17.4. The summed E-state index contributed by atoms with van der Waals surface area (Å²) in [6.07, 6.45) is 1.54. The minimum Gasteiger partial charge on any atom is -0.494 e. The first kappa shape index (κ1) is 30.6. The highest BCUT2D eigenvalue weighted by atomic mass is 79.9. The number of rotatable bonds is 14. The Kier molecular flexibility index (Phi) is 11.9. The van der Waals surface area contributed by atoms with Crippen LogP contribution in [0.5, 0.6) is 5.75 Å². The van der Waals surface area contributed by atoms with Crippen molar-refractivity contribution in [3.8, 4) is 5.75 Å². The monoisotopic (exact) mass is 595 g/mol. The number of nitrogens with one attached hydrogen (secondary N) is 1. The molecule has 0 spiro atoms. The Morgan fingerprint density at radius 1 is 1.08 bits per heavy atom. The van der Waals surface area contributed by atoms with Crippen molar-refractivity contribution >= 4 is 43.5 Å². The Labute approximate surface area is 229 Å². The molecule has 0 radical (unpaired) electrons. The van der Waals surface area contributed by atoms with E-state index in [-0.39, 0.29) is 37.2 Å². The molecule has 0 saturated carbocycles. The highest BCUT2D eigenvalue weighted by Crippen LogP contribution is 2.23. The van der Waals surface area contributed by atoms with Gasteiger partial charge in [0.05, 0.1) is 18.6 Å². The van der Waals surface area contributed by atoms with Gasteiger partial charge in [-0.2, -0.15) is 0 Å². The van der Waals surface area contributed by atoms with E-state index >= 15 is 0 Å². The standard InChI is InChI=1S/C27H38BrN3O5S/c1-6-36-25-14-12-24(13-15-25)31(37(5,34)35)16-8-11-26(32)30(19-22-9-7-10-23(28)17-22)21(4)27(33)29-18-20(2)3/h7,9-10,12-15,17,20-21H,6,8,11,16,18-19H2,1-5H3,(H,29,33)/t21-/m0/s1. The van der Waals surface area contributed by atoms with Crippen LogP contribution in [0.1, 0.15) is 46.1 Å². The largest absolute Gasteiger partial charge is 0.494 e. The fraction of sp³-hybridized carbons (Fsp3) is 0.481. The molecule has 0 saturated heterocycles. The molecule has 2 rings (SSSR count). The van der Waals surface area contributed by atoms with Crippen LogP contribution >= 0.6 is 15.9 Å². The molecule has 0 aliphatic carbocycles. The Morgan fingerprint density at radius 3 is 2.32 bits per heavy atom. The molecule has 204 valence electrons. The van der Waals surface area contributed by atoms with Gasteiger partial charge in [-0.15, -0.1) is 0 Å². The Bertz CT molecular complexity index is 1140. The summed E-state index contributed by atoms with van der Waals surface area (Å²) >= 11 is 3.45. The third-order valence-corrected chi connectivity index (χ3v) is 7.37. The van der Waals surface area contributed by atoms with Crippen molar-refractivity contribution in [1.82, 2.24) is 10.2 Å². The van der Waals surface area contributed by atoms with E-state index in [2.05, 4.69) is 21.2 Å². The maximum atomic E-state index is 13.4. The van der Waals surface area contributed by atoms with Crippen LogP contribution in [0.3, 0.4) is 0 Å². The molecule has 0 fully saturated rings. The van der Waals surface area contributed by atoms with Crippen LogP contribution in [0.25, 0.3) is 0 Å². The maximum Gasteiger partial charge on any atom is 0.242 e. The molecule has 8 nitrogen and oxygen atoms in total. The zero-order valence-corrected chi connectivity index (χ0v) is 24.6. The number of carbonyl (C=O) groups is 2. The summed E-state index contributed by atoms with van der Waals surface area (Å²) in [6, 6.07) is 13.7. The quantitative estimate of drug-likeness (QED) is 0.345. The van der Waals surface area contributed by atoms with Gasteiger partial charge in [0, 0.05) is 30.5 Å². The summed E-state index contributed by atoms with van der Waals surface area (Å²) in [7, 11) is -3.56. The van der Waals surface area contributed by atoms with Crippen LogP contribution in [0, 0.1) is 5.92 Å². The summed E-state index contributed by atoms with van der Waals surface area (Å²) in [6.45, 7) is 9.05. The van der Waals surface area contributed by atoms with E-state index < -0.39 is 16.1 Å². The maximum absolute atomic E-state index is 13.4. The molecular weight excluding hydrogens is 558 g/mol. The van der Waals surface area contributed by atoms with E-state index in [0.29, 0.717) is 31.0 Å². The SMILES string of the molecule is CCOc1ccc(N(CCCC(=O)N(Cc2cccc(Br)c2)[C@@H](C)C(=O)NCC(C)C)S(C)(=O)=O)cc1. The Balaban J connectivity index is 2.15. The Hall–Kier alpha value is -2.59. The number of ether oxygens (including phenoxy) is 1. The summed E-state index contributed by atoms with van der Waals surface area (Å²) in [5, 5.41) is 2.90. The normalized spacial score (nSPS) is 12.2. The fourth-order valence-electron chi connectivity index (χ4n) is 3.75. The summed E-state index contributed by atoms with van der Waals surface area (Å²) in [4.78, 5) is 27.7. The van der Waals surface area contributed by atoms with Crippen LogP contribution in [0.4, 0.5) is 5.69 Å². The lowest BCUT2D eigenvalue weighted by Crippen LogP contribution is -2.48. The first-order valence-corrected chi connectivity index (χ1v) is 15.1. The minimum atomic E-state index is -3.56. The van der Waals surface area contributed by atoms with Gasteiger partial charge in [0.1, 0.15) is 11.8 Å². The van der Waals surface area contributed by atoms with Crippen molar-refractivity contribution < 1.29 is 22.7 Å². The Morgan fingerprint density at radius 2 is 1.76 bits per heavy atom. The van der Waals surface area contributed by atoms with Crippen molar-refractivity contribution in [2.45, 2.75) is 53.1 Å². The number of hydrogen-bond acceptors (Lipinski definition) is 5. The molecule has 0 aromatic heterocycles. The first-order valence-electron chi connectivity index (χ1n) is 12.4. The second-order valence-electron chi connectivity index (χ2n) is 9.33. The van der Waals surface area contributed by atoms with E-state index in [0.717, 1.165) is 16.3 Å². The molecule has 0 unspecified atom stereocenters. The van der Waals surface area contributed by atoms with Gasteiger partial charge in [-0.3, -0.25) is 13.9 Å². The molecule has 1 N–H and O–H groups in total. The number of carbonyl (C=O) groups excluding carboxylic acids is 2. The molecular formula is C27H38BrN3O5S. The topological polar surface area (TPSA) is 96.0 Å². The molecule has 10 heteroatoms. The second-order valence-corrected chi connectivity index (χ2v) is 12.2. The molecule has 2 amide bonds. The van der Waals surface area contributed by atoms with Gasteiger partial charge in [0.2, 0.25) is 21.8 Å². The summed E-state index contributed by atoms with van der Waals surface area (Å²) in [5.41, 5.74) is 1.39. The number of sulfonamides is 1. The van der Waals surface area contributed by atoms with Crippen molar-refractivity contribution in [3.05, 3.63) is 58.6 Å². The predicted octanol–water partition coefficient (Wildman–Crippen LogP) is 4.58. The van der Waals surface area contributed by atoms with Gasteiger partial charge < -0.3 is 15.0 Å². The lowest BCUT2D eigenvalue weighted by Gasteiger charge is -2.29. The van der Waals surface area contributed by atoms with E-state index in [1.54, 1.807) is 36.1 Å². The van der Waals surface area contributed by atoms with Crippen LogP contribution in [0.15, 0.2) is 53.0 Å². The average molecular weight is 597 g/mol. The van der Waals surface area contributed by atoms with Crippen LogP contribution < -0.4 is 14.4 Å². The van der Waals surface area contributed by atoms with Crippen LogP contribution in [-0.2, 0) is 26.2 Å². The molecule has 2 aromatic rings. The number of amides is 2.